The van der Waals surface area contributed by atoms with E-state index in [1.807, 2.05) is 36.1 Å². The molecule has 4 heteroatoms. The first-order chi connectivity index (χ1) is 9.21. The Morgan fingerprint density at radius 3 is 2.53 bits per heavy atom. The molecule has 0 aliphatic rings. The normalized spacial score (nSPS) is 10.3. The Labute approximate surface area is 124 Å². The zero-order valence-electron chi connectivity index (χ0n) is 11.7. The van der Waals surface area contributed by atoms with Crippen molar-refractivity contribution in [1.82, 2.24) is 4.90 Å². The molecule has 0 atom stereocenters. The number of benzene rings is 1. The highest BCUT2D eigenvalue weighted by atomic mass is 79.9. The average Bonchev–Trinajstić information content (AvgIpc) is 2.46. The molecule has 0 fully saturated rings. The minimum atomic E-state index is 0.235. The van der Waals surface area contributed by atoms with E-state index in [4.69, 9.17) is 4.74 Å². The van der Waals surface area contributed by atoms with Crippen molar-refractivity contribution in [2.75, 3.05) is 25.5 Å². The Hall–Kier alpha value is -1.03. The molecule has 19 heavy (non-hydrogen) atoms. The third-order valence-corrected chi connectivity index (χ3v) is 3.64. The lowest BCUT2D eigenvalue weighted by molar-refractivity contribution is -0.131. The first-order valence-corrected chi connectivity index (χ1v) is 7.80. The highest BCUT2D eigenvalue weighted by Gasteiger charge is 2.10. The Morgan fingerprint density at radius 1 is 1.32 bits per heavy atom. The zero-order valence-corrected chi connectivity index (χ0v) is 13.3. The summed E-state index contributed by atoms with van der Waals surface area (Å²) >= 11 is 3.40. The number of nitrogens with zero attached hydrogens (tertiary/aromatic N) is 1. The number of amides is 1. The maximum atomic E-state index is 12.1. The number of alkyl halides is 1. The fourth-order valence-corrected chi connectivity index (χ4v) is 2.16. The largest absolute Gasteiger partial charge is 0.497 e. The molecule has 0 N–H and O–H groups in total. The molecule has 0 spiro atoms. The molecule has 0 radical (unpaired) electrons. The number of ether oxygens (including phenoxy) is 1. The van der Waals surface area contributed by atoms with Crippen LogP contribution in [0.1, 0.15) is 25.3 Å². The third kappa shape index (κ3) is 5.64. The minimum Gasteiger partial charge on any atom is -0.497 e. The van der Waals surface area contributed by atoms with Crippen molar-refractivity contribution < 1.29 is 9.53 Å². The molecule has 1 rings (SSSR count). The van der Waals surface area contributed by atoms with Gasteiger partial charge in [0.15, 0.2) is 0 Å². The summed E-state index contributed by atoms with van der Waals surface area (Å²) in [4.78, 5) is 14.0. The highest BCUT2D eigenvalue weighted by Crippen LogP contribution is 2.13. The molecule has 0 aliphatic heterocycles. The van der Waals surface area contributed by atoms with Gasteiger partial charge in [0.1, 0.15) is 5.75 Å². The quantitative estimate of drug-likeness (QED) is 0.686. The summed E-state index contributed by atoms with van der Waals surface area (Å²) in [7, 11) is 1.65. The summed E-state index contributed by atoms with van der Waals surface area (Å²) in [5, 5.41) is 0.940. The predicted molar refractivity (Wildman–Crippen MR) is 82.0 cm³/mol. The van der Waals surface area contributed by atoms with Crippen molar-refractivity contribution in [2.24, 2.45) is 0 Å². The van der Waals surface area contributed by atoms with Crippen LogP contribution in [0, 0.1) is 0 Å². The van der Waals surface area contributed by atoms with Crippen LogP contribution in [0.2, 0.25) is 0 Å². The molecule has 1 aromatic carbocycles. The molecule has 0 heterocycles. The second-order valence-corrected chi connectivity index (χ2v) is 5.16. The van der Waals surface area contributed by atoms with Crippen LogP contribution in [0.25, 0.3) is 0 Å². The number of aryl methyl sites for hydroxylation is 1. The van der Waals surface area contributed by atoms with E-state index in [-0.39, 0.29) is 5.91 Å². The molecular weight excluding hydrogens is 306 g/mol. The molecule has 106 valence electrons. The molecule has 0 bridgehead atoms. The summed E-state index contributed by atoms with van der Waals surface area (Å²) in [5.74, 6) is 1.09. The Bertz CT molecular complexity index is 378. The maximum absolute atomic E-state index is 12.1. The van der Waals surface area contributed by atoms with E-state index in [0.29, 0.717) is 6.42 Å². The number of carbonyl (C=O) groups excluding carboxylic acids is 1. The first-order valence-electron chi connectivity index (χ1n) is 6.68. The highest BCUT2D eigenvalue weighted by molar-refractivity contribution is 9.09. The van der Waals surface area contributed by atoms with Crippen LogP contribution in [0.5, 0.6) is 5.75 Å². The van der Waals surface area contributed by atoms with E-state index < -0.39 is 0 Å². The van der Waals surface area contributed by atoms with Gasteiger partial charge in [0.25, 0.3) is 0 Å². The monoisotopic (exact) mass is 327 g/mol. The van der Waals surface area contributed by atoms with E-state index in [9.17, 15) is 4.79 Å². The molecule has 1 aromatic rings. The maximum Gasteiger partial charge on any atom is 0.222 e. The summed E-state index contributed by atoms with van der Waals surface area (Å²) in [6.07, 6.45) is 2.36. The van der Waals surface area contributed by atoms with Crippen LogP contribution in [-0.2, 0) is 11.2 Å². The van der Waals surface area contributed by atoms with Crippen molar-refractivity contribution >= 4 is 21.8 Å². The second-order valence-electron chi connectivity index (χ2n) is 4.36. The number of methoxy groups -OCH3 is 1. The Balaban J connectivity index is 2.43. The van der Waals surface area contributed by atoms with E-state index in [2.05, 4.69) is 15.9 Å². The molecular formula is C15H22BrNO2. The van der Waals surface area contributed by atoms with Crippen LogP contribution in [0.4, 0.5) is 0 Å². The van der Waals surface area contributed by atoms with Gasteiger partial charge in [-0.1, -0.05) is 28.1 Å². The van der Waals surface area contributed by atoms with Crippen LogP contribution in [-0.4, -0.2) is 36.3 Å². The molecule has 0 saturated carbocycles. The number of halogens is 1. The van der Waals surface area contributed by atoms with Crippen molar-refractivity contribution in [3.8, 4) is 5.75 Å². The lowest BCUT2D eigenvalue weighted by Crippen LogP contribution is -2.32. The lowest BCUT2D eigenvalue weighted by Gasteiger charge is -2.20. The number of carbonyl (C=O) groups is 1. The van der Waals surface area contributed by atoms with E-state index >= 15 is 0 Å². The van der Waals surface area contributed by atoms with Gasteiger partial charge in [-0.3, -0.25) is 4.79 Å². The van der Waals surface area contributed by atoms with Crippen LogP contribution < -0.4 is 4.74 Å². The topological polar surface area (TPSA) is 29.5 Å². The summed E-state index contributed by atoms with van der Waals surface area (Å²) < 4.78 is 5.12. The van der Waals surface area contributed by atoms with Crippen LogP contribution in [0.3, 0.4) is 0 Å². The standard InChI is InChI=1S/C15H22BrNO2/c1-3-17(12-4-11-16)15(18)10-7-13-5-8-14(19-2)9-6-13/h5-6,8-9H,3-4,7,10-12H2,1-2H3. The second kappa shape index (κ2) is 8.97. The third-order valence-electron chi connectivity index (χ3n) is 3.08. The van der Waals surface area contributed by atoms with Gasteiger partial charge >= 0.3 is 0 Å². The number of hydrogen-bond acceptors (Lipinski definition) is 2. The Kier molecular flexibility index (Phi) is 7.56. The predicted octanol–water partition coefficient (Wildman–Crippen LogP) is 3.26. The minimum absolute atomic E-state index is 0.235. The van der Waals surface area contributed by atoms with Crippen molar-refractivity contribution in [2.45, 2.75) is 26.2 Å². The average molecular weight is 328 g/mol. The van der Waals surface area contributed by atoms with Crippen molar-refractivity contribution in [1.29, 1.82) is 0 Å². The molecule has 0 aliphatic carbocycles. The van der Waals surface area contributed by atoms with Crippen LogP contribution >= 0.6 is 15.9 Å². The molecule has 0 unspecified atom stereocenters. The zero-order chi connectivity index (χ0) is 14.1. The van der Waals surface area contributed by atoms with Gasteiger partial charge in [0.2, 0.25) is 5.91 Å². The van der Waals surface area contributed by atoms with Gasteiger partial charge in [-0.05, 0) is 37.5 Å². The van der Waals surface area contributed by atoms with Gasteiger partial charge in [-0.15, -0.1) is 0 Å². The van der Waals surface area contributed by atoms with Crippen molar-refractivity contribution in [3.63, 3.8) is 0 Å². The van der Waals surface area contributed by atoms with E-state index in [0.717, 1.165) is 37.0 Å². The van der Waals surface area contributed by atoms with Gasteiger partial charge in [-0.25, -0.2) is 0 Å². The lowest BCUT2D eigenvalue weighted by atomic mass is 10.1. The van der Waals surface area contributed by atoms with Crippen molar-refractivity contribution in [3.05, 3.63) is 29.8 Å². The van der Waals surface area contributed by atoms with E-state index in [1.165, 1.54) is 5.56 Å². The molecule has 1 amide bonds. The van der Waals surface area contributed by atoms with Gasteiger partial charge in [0.05, 0.1) is 7.11 Å². The van der Waals surface area contributed by atoms with Crippen LogP contribution in [0.15, 0.2) is 24.3 Å². The van der Waals surface area contributed by atoms with E-state index in [1.54, 1.807) is 7.11 Å². The summed E-state index contributed by atoms with van der Waals surface area (Å²) in [6.45, 7) is 3.65. The molecule has 0 saturated heterocycles. The Morgan fingerprint density at radius 2 is 2.00 bits per heavy atom. The summed E-state index contributed by atoms with van der Waals surface area (Å²) in [6, 6.07) is 7.90. The molecule has 0 aromatic heterocycles. The van der Waals surface area contributed by atoms with Gasteiger partial charge in [-0.2, -0.15) is 0 Å². The SMILES string of the molecule is CCN(CCCBr)C(=O)CCc1ccc(OC)cc1. The number of hydrogen-bond donors (Lipinski definition) is 0. The van der Waals surface area contributed by atoms with Gasteiger partial charge < -0.3 is 9.64 Å². The number of rotatable bonds is 8. The fourth-order valence-electron chi connectivity index (χ4n) is 1.91. The fraction of sp³-hybridized carbons (Fsp3) is 0.533. The first kappa shape index (κ1) is 16.0. The van der Waals surface area contributed by atoms with Gasteiger partial charge in [0, 0.05) is 24.8 Å². The molecule has 3 nitrogen and oxygen atoms in total. The summed E-state index contributed by atoms with van der Waals surface area (Å²) in [5.41, 5.74) is 1.17. The smallest absolute Gasteiger partial charge is 0.222 e.